The van der Waals surface area contributed by atoms with Crippen molar-refractivity contribution in [2.75, 3.05) is 5.73 Å². The first kappa shape index (κ1) is 15.2. The van der Waals surface area contributed by atoms with Crippen molar-refractivity contribution in [1.29, 1.82) is 0 Å². The van der Waals surface area contributed by atoms with Gasteiger partial charge in [0.25, 0.3) is 0 Å². The summed E-state index contributed by atoms with van der Waals surface area (Å²) in [5, 5.41) is 0. The molecule has 0 saturated heterocycles. The number of ether oxygens (including phenoxy) is 2. The van der Waals surface area contributed by atoms with Crippen LogP contribution in [0.5, 0.6) is 17.2 Å². The van der Waals surface area contributed by atoms with Crippen LogP contribution in [0.3, 0.4) is 0 Å². The standard InChI is InChI=1S/C17H20FNO2/c1-4-12-6-5-7-13(8-12)21-17-10-16(20-11(2)3)14(18)9-15(17)19/h5-11H,4,19H2,1-3H3. The molecule has 2 aromatic carbocycles. The smallest absolute Gasteiger partial charge is 0.167 e. The van der Waals surface area contributed by atoms with Crippen molar-refractivity contribution in [2.24, 2.45) is 0 Å². The van der Waals surface area contributed by atoms with Crippen LogP contribution in [0.4, 0.5) is 10.1 Å². The molecule has 0 saturated carbocycles. The number of aryl methyl sites for hydroxylation is 1. The summed E-state index contributed by atoms with van der Waals surface area (Å²) < 4.78 is 25.0. The zero-order chi connectivity index (χ0) is 15.4. The lowest BCUT2D eigenvalue weighted by atomic mass is 10.2. The molecule has 0 aliphatic heterocycles. The van der Waals surface area contributed by atoms with E-state index in [2.05, 4.69) is 6.92 Å². The highest BCUT2D eigenvalue weighted by molar-refractivity contribution is 5.57. The molecule has 2 N–H and O–H groups in total. The maximum atomic E-state index is 13.8. The maximum absolute atomic E-state index is 13.8. The Morgan fingerprint density at radius 3 is 2.57 bits per heavy atom. The van der Waals surface area contributed by atoms with Gasteiger partial charge in [-0.25, -0.2) is 4.39 Å². The molecule has 0 aliphatic carbocycles. The lowest BCUT2D eigenvalue weighted by molar-refractivity contribution is 0.230. The second-order valence-electron chi connectivity index (χ2n) is 5.09. The van der Waals surface area contributed by atoms with Crippen molar-refractivity contribution >= 4 is 5.69 Å². The molecule has 0 amide bonds. The zero-order valence-corrected chi connectivity index (χ0v) is 12.5. The number of hydrogen-bond acceptors (Lipinski definition) is 3. The molecule has 3 nitrogen and oxygen atoms in total. The van der Waals surface area contributed by atoms with Gasteiger partial charge in [-0.05, 0) is 38.0 Å². The Balaban J connectivity index is 2.30. The van der Waals surface area contributed by atoms with Gasteiger partial charge in [-0.1, -0.05) is 19.1 Å². The molecule has 2 rings (SSSR count). The highest BCUT2D eigenvalue weighted by Crippen LogP contribution is 2.34. The molecule has 112 valence electrons. The number of anilines is 1. The van der Waals surface area contributed by atoms with Crippen molar-refractivity contribution in [3.63, 3.8) is 0 Å². The summed E-state index contributed by atoms with van der Waals surface area (Å²) in [6.07, 6.45) is 0.789. The van der Waals surface area contributed by atoms with Gasteiger partial charge < -0.3 is 15.2 Å². The van der Waals surface area contributed by atoms with Crippen LogP contribution < -0.4 is 15.2 Å². The highest BCUT2D eigenvalue weighted by atomic mass is 19.1. The van der Waals surface area contributed by atoms with E-state index in [0.717, 1.165) is 12.0 Å². The molecule has 0 aliphatic rings. The van der Waals surface area contributed by atoms with Crippen LogP contribution >= 0.6 is 0 Å². The molecule has 0 heterocycles. The van der Waals surface area contributed by atoms with Gasteiger partial charge in [-0.15, -0.1) is 0 Å². The van der Waals surface area contributed by atoms with Crippen molar-refractivity contribution in [2.45, 2.75) is 33.3 Å². The predicted molar refractivity (Wildman–Crippen MR) is 82.5 cm³/mol. The molecular weight excluding hydrogens is 269 g/mol. The summed E-state index contributed by atoms with van der Waals surface area (Å²) in [6.45, 7) is 5.74. The van der Waals surface area contributed by atoms with Gasteiger partial charge in [0.15, 0.2) is 17.3 Å². The summed E-state index contributed by atoms with van der Waals surface area (Å²) in [4.78, 5) is 0. The Morgan fingerprint density at radius 1 is 1.14 bits per heavy atom. The van der Waals surface area contributed by atoms with Crippen molar-refractivity contribution in [1.82, 2.24) is 0 Å². The molecule has 0 radical (unpaired) electrons. The molecular formula is C17H20FNO2. The third-order valence-electron chi connectivity index (χ3n) is 2.96. The van der Waals surface area contributed by atoms with Gasteiger partial charge in [-0.3, -0.25) is 0 Å². The van der Waals surface area contributed by atoms with Crippen molar-refractivity contribution < 1.29 is 13.9 Å². The summed E-state index contributed by atoms with van der Waals surface area (Å²) >= 11 is 0. The Labute approximate surface area is 124 Å². The van der Waals surface area contributed by atoms with E-state index >= 15 is 0 Å². The first-order chi connectivity index (χ1) is 9.99. The Bertz CT molecular complexity index is 626. The van der Waals surface area contributed by atoms with E-state index in [9.17, 15) is 4.39 Å². The molecule has 0 unspecified atom stereocenters. The Kier molecular flexibility index (Phi) is 4.68. The Hall–Kier alpha value is -2.23. The number of nitrogen functional groups attached to an aromatic ring is 1. The first-order valence-electron chi connectivity index (χ1n) is 7.02. The zero-order valence-electron chi connectivity index (χ0n) is 12.5. The maximum Gasteiger partial charge on any atom is 0.167 e. The second-order valence-corrected chi connectivity index (χ2v) is 5.09. The van der Waals surface area contributed by atoms with Gasteiger partial charge in [0.05, 0.1) is 11.8 Å². The van der Waals surface area contributed by atoms with Crippen LogP contribution in [-0.4, -0.2) is 6.10 Å². The average Bonchev–Trinajstić information content (AvgIpc) is 2.44. The molecule has 0 atom stereocenters. The summed E-state index contributed by atoms with van der Waals surface area (Å²) in [6, 6.07) is 10.4. The van der Waals surface area contributed by atoms with E-state index in [4.69, 9.17) is 15.2 Å². The lowest BCUT2D eigenvalue weighted by Gasteiger charge is -2.14. The molecule has 4 heteroatoms. The lowest BCUT2D eigenvalue weighted by Crippen LogP contribution is -2.07. The summed E-state index contributed by atoms with van der Waals surface area (Å²) in [5.41, 5.74) is 7.22. The normalized spacial score (nSPS) is 10.7. The molecule has 0 fully saturated rings. The fraction of sp³-hybridized carbons (Fsp3) is 0.294. The highest BCUT2D eigenvalue weighted by Gasteiger charge is 2.12. The van der Waals surface area contributed by atoms with E-state index in [1.165, 1.54) is 12.1 Å². The molecule has 0 bridgehead atoms. The van der Waals surface area contributed by atoms with E-state index < -0.39 is 5.82 Å². The van der Waals surface area contributed by atoms with Crippen LogP contribution in [0.15, 0.2) is 36.4 Å². The first-order valence-corrected chi connectivity index (χ1v) is 7.02. The van der Waals surface area contributed by atoms with Crippen LogP contribution in [0.1, 0.15) is 26.3 Å². The summed E-state index contributed by atoms with van der Waals surface area (Å²) in [7, 11) is 0. The van der Waals surface area contributed by atoms with Gasteiger partial charge in [0.1, 0.15) is 5.75 Å². The molecule has 21 heavy (non-hydrogen) atoms. The number of rotatable bonds is 5. The molecule has 0 aromatic heterocycles. The summed E-state index contributed by atoms with van der Waals surface area (Å²) in [5.74, 6) is 0.708. The molecule has 2 aromatic rings. The largest absolute Gasteiger partial charge is 0.488 e. The van der Waals surface area contributed by atoms with Gasteiger partial charge in [-0.2, -0.15) is 0 Å². The predicted octanol–water partition coefficient (Wildman–Crippen LogP) is 4.55. The SMILES string of the molecule is CCc1cccc(Oc2cc(OC(C)C)c(F)cc2N)c1. The van der Waals surface area contributed by atoms with Gasteiger partial charge in [0, 0.05) is 12.1 Å². The van der Waals surface area contributed by atoms with Gasteiger partial charge >= 0.3 is 0 Å². The minimum atomic E-state index is -0.490. The van der Waals surface area contributed by atoms with Crippen LogP contribution in [0.2, 0.25) is 0 Å². The minimum Gasteiger partial charge on any atom is -0.488 e. The second kappa shape index (κ2) is 6.48. The minimum absolute atomic E-state index is 0.126. The van der Waals surface area contributed by atoms with Crippen LogP contribution in [0, 0.1) is 5.82 Å². The van der Waals surface area contributed by atoms with Crippen molar-refractivity contribution in [3.8, 4) is 17.2 Å². The monoisotopic (exact) mass is 289 g/mol. The van der Waals surface area contributed by atoms with Crippen LogP contribution in [-0.2, 0) is 6.42 Å². The van der Waals surface area contributed by atoms with Crippen LogP contribution in [0.25, 0.3) is 0 Å². The fourth-order valence-electron chi connectivity index (χ4n) is 1.94. The Morgan fingerprint density at radius 2 is 1.90 bits per heavy atom. The number of hydrogen-bond donors (Lipinski definition) is 1. The van der Waals surface area contributed by atoms with Crippen molar-refractivity contribution in [3.05, 3.63) is 47.8 Å². The quantitative estimate of drug-likeness (QED) is 0.821. The van der Waals surface area contributed by atoms with E-state index in [-0.39, 0.29) is 17.5 Å². The molecule has 0 spiro atoms. The fourth-order valence-corrected chi connectivity index (χ4v) is 1.94. The van der Waals surface area contributed by atoms with Gasteiger partial charge in [0.2, 0.25) is 0 Å². The number of benzene rings is 2. The topological polar surface area (TPSA) is 44.5 Å². The number of nitrogens with two attached hydrogens (primary N) is 1. The van der Waals surface area contributed by atoms with E-state index in [0.29, 0.717) is 11.5 Å². The van der Waals surface area contributed by atoms with E-state index in [1.54, 1.807) is 0 Å². The average molecular weight is 289 g/mol. The van der Waals surface area contributed by atoms with E-state index in [1.807, 2.05) is 38.1 Å². The third kappa shape index (κ3) is 3.88. The number of halogens is 1. The third-order valence-corrected chi connectivity index (χ3v) is 2.96.